The molecule has 0 bridgehead atoms. The van der Waals surface area contributed by atoms with Gasteiger partial charge in [-0.3, -0.25) is 9.69 Å². The second kappa shape index (κ2) is 12.1. The molecule has 4 aliphatic heterocycles. The maximum absolute atomic E-state index is 12.7. The van der Waals surface area contributed by atoms with E-state index in [1.54, 1.807) is 0 Å². The molecular weight excluding hydrogens is 558 g/mol. The van der Waals surface area contributed by atoms with Crippen LogP contribution in [0.5, 0.6) is 11.5 Å². The third-order valence-corrected chi connectivity index (χ3v) is 10.1. The molecule has 0 aliphatic carbocycles. The lowest BCUT2D eigenvalue weighted by atomic mass is 9.85. The molecule has 11 nitrogen and oxygen atoms in total. The number of nitrogens with two attached hydrogens (primary N) is 1. The molecule has 1 atom stereocenters. The first-order valence-corrected chi connectivity index (χ1v) is 15.9. The molecule has 2 amide bonds. The molecule has 0 saturated carbocycles. The van der Waals surface area contributed by atoms with Gasteiger partial charge in [-0.15, -0.1) is 0 Å². The minimum absolute atomic E-state index is 0.221. The van der Waals surface area contributed by atoms with Gasteiger partial charge in [0.05, 0.1) is 6.04 Å². The topological polar surface area (TPSA) is 129 Å². The van der Waals surface area contributed by atoms with Crippen LogP contribution in [-0.4, -0.2) is 99.5 Å². The number of piperidine rings is 2. The molecule has 3 saturated heterocycles. The van der Waals surface area contributed by atoms with Gasteiger partial charge < -0.3 is 30.7 Å². The summed E-state index contributed by atoms with van der Waals surface area (Å²) in [6, 6.07) is 18.5. The molecule has 11 heteroatoms. The van der Waals surface area contributed by atoms with Gasteiger partial charge >= 0.3 is 6.09 Å². The number of amides is 2. The highest BCUT2D eigenvalue weighted by Crippen LogP contribution is 2.41. The van der Waals surface area contributed by atoms with Gasteiger partial charge in [-0.2, -0.15) is 5.10 Å². The first-order valence-electron chi connectivity index (χ1n) is 15.9. The van der Waals surface area contributed by atoms with Crippen LogP contribution in [0.2, 0.25) is 0 Å². The summed E-state index contributed by atoms with van der Waals surface area (Å²) >= 11 is 0. The Balaban J connectivity index is 0.998. The van der Waals surface area contributed by atoms with E-state index in [1.807, 2.05) is 59.3 Å². The van der Waals surface area contributed by atoms with E-state index in [1.165, 1.54) is 4.90 Å². The van der Waals surface area contributed by atoms with Crippen LogP contribution < -0.4 is 15.8 Å². The molecule has 232 valence electrons. The van der Waals surface area contributed by atoms with Crippen molar-refractivity contribution in [3.8, 4) is 22.8 Å². The van der Waals surface area contributed by atoms with Gasteiger partial charge in [0, 0.05) is 50.4 Å². The zero-order valence-corrected chi connectivity index (χ0v) is 25.0. The largest absolute Gasteiger partial charge is 0.465 e. The number of hydrogen-bond donors (Lipinski definition) is 3. The highest BCUT2D eigenvalue weighted by atomic mass is 16.5. The second-order valence-electron chi connectivity index (χ2n) is 12.6. The van der Waals surface area contributed by atoms with Gasteiger partial charge in [-0.05, 0) is 87.5 Å². The first kappa shape index (κ1) is 28.7. The highest BCUT2D eigenvalue weighted by molar-refractivity contribution is 6.03. The molecule has 4 N–H and O–H groups in total. The van der Waals surface area contributed by atoms with Gasteiger partial charge in [0.25, 0.3) is 5.91 Å². The minimum Gasteiger partial charge on any atom is -0.465 e. The smallest absolute Gasteiger partial charge is 0.407 e. The van der Waals surface area contributed by atoms with Gasteiger partial charge in [0.2, 0.25) is 0 Å². The van der Waals surface area contributed by atoms with Crippen molar-refractivity contribution in [2.75, 3.05) is 51.1 Å². The number of fused-ring (bicyclic) bond motifs is 1. The third-order valence-electron chi connectivity index (χ3n) is 10.1. The van der Waals surface area contributed by atoms with Crippen molar-refractivity contribution < 1.29 is 19.4 Å². The molecule has 0 spiro atoms. The van der Waals surface area contributed by atoms with E-state index >= 15 is 0 Å². The van der Waals surface area contributed by atoms with Crippen molar-refractivity contribution in [1.82, 2.24) is 24.5 Å². The SMILES string of the molecule is NC(=O)c1c(-c2ccc(Oc3ccccc3)cc2)nn2c1NCC[C@H]2C1CCN(C2CCN(C3CN(C(=O)O)C3)CC2)CC1. The van der Waals surface area contributed by atoms with Gasteiger partial charge in [-0.1, -0.05) is 18.2 Å². The molecule has 5 heterocycles. The maximum Gasteiger partial charge on any atom is 0.407 e. The number of aromatic nitrogens is 2. The Labute approximate surface area is 257 Å². The first-order chi connectivity index (χ1) is 21.4. The Bertz CT molecular complexity index is 1470. The minimum atomic E-state index is -0.805. The predicted octanol–water partition coefficient (Wildman–Crippen LogP) is 4.34. The molecule has 0 unspecified atom stereocenters. The number of rotatable bonds is 7. The van der Waals surface area contributed by atoms with E-state index in [9.17, 15) is 9.59 Å². The van der Waals surface area contributed by atoms with E-state index in [-0.39, 0.29) is 6.04 Å². The number of nitrogens with one attached hydrogen (secondary N) is 1. The average Bonchev–Trinajstić information content (AvgIpc) is 3.42. The molecule has 3 fully saturated rings. The number of carboxylic acid groups (broad SMARTS) is 1. The van der Waals surface area contributed by atoms with Crippen molar-refractivity contribution in [3.63, 3.8) is 0 Å². The Morgan fingerprint density at radius 2 is 1.48 bits per heavy atom. The molecule has 7 rings (SSSR count). The third kappa shape index (κ3) is 5.61. The lowest BCUT2D eigenvalue weighted by molar-refractivity contribution is 0.00355. The lowest BCUT2D eigenvalue weighted by Crippen LogP contribution is -2.62. The summed E-state index contributed by atoms with van der Waals surface area (Å²) in [6.45, 7) is 6.32. The molecule has 1 aromatic heterocycles. The summed E-state index contributed by atoms with van der Waals surface area (Å²) in [6.07, 6.45) is 4.66. The molecule has 3 aromatic rings. The van der Waals surface area contributed by atoms with Crippen LogP contribution in [0.4, 0.5) is 10.6 Å². The zero-order chi connectivity index (χ0) is 30.2. The molecule has 44 heavy (non-hydrogen) atoms. The zero-order valence-electron chi connectivity index (χ0n) is 25.0. The van der Waals surface area contributed by atoms with Crippen LogP contribution in [0.15, 0.2) is 54.6 Å². The molecule has 2 aromatic carbocycles. The van der Waals surface area contributed by atoms with Gasteiger partial charge in [-0.25, -0.2) is 9.48 Å². The summed E-state index contributed by atoms with van der Waals surface area (Å²) in [5.41, 5.74) is 7.84. The predicted molar refractivity (Wildman–Crippen MR) is 167 cm³/mol. The summed E-state index contributed by atoms with van der Waals surface area (Å²) in [5.74, 6) is 2.23. The monoisotopic (exact) mass is 599 g/mol. The molecule has 0 radical (unpaired) electrons. The van der Waals surface area contributed by atoms with Crippen LogP contribution in [0.1, 0.15) is 48.5 Å². The number of ether oxygens (including phenoxy) is 1. The van der Waals surface area contributed by atoms with E-state index in [4.69, 9.17) is 20.7 Å². The fourth-order valence-corrected chi connectivity index (χ4v) is 7.61. The van der Waals surface area contributed by atoms with Crippen molar-refractivity contribution in [1.29, 1.82) is 0 Å². The van der Waals surface area contributed by atoms with Crippen LogP contribution in [0.25, 0.3) is 11.3 Å². The Morgan fingerprint density at radius 1 is 0.841 bits per heavy atom. The maximum atomic E-state index is 12.7. The van der Waals surface area contributed by atoms with Crippen LogP contribution in [0, 0.1) is 5.92 Å². The summed E-state index contributed by atoms with van der Waals surface area (Å²) in [7, 11) is 0. The number of primary amides is 1. The number of carbonyl (C=O) groups excluding carboxylic acids is 1. The fourth-order valence-electron chi connectivity index (χ4n) is 7.61. The summed E-state index contributed by atoms with van der Waals surface area (Å²) in [5, 5.41) is 17.6. The highest BCUT2D eigenvalue weighted by Gasteiger charge is 2.39. The summed E-state index contributed by atoms with van der Waals surface area (Å²) < 4.78 is 8.00. The standard InChI is InChI=1S/C33H41N7O4/c34-31(41)29-30(23-6-8-27(9-7-23)44-26-4-2-1-3-5-26)36-40-28(10-15-35-32(29)40)22-11-16-37(17-12-22)24-13-18-38(19-14-24)25-20-39(21-25)33(42)43/h1-9,22,24-25,28,35H,10-21H2,(H2,34,41)(H,42,43)/t28-/m0/s1. The van der Waals surface area contributed by atoms with E-state index in [2.05, 4.69) is 15.1 Å². The van der Waals surface area contributed by atoms with Gasteiger partial charge in [0.15, 0.2) is 0 Å². The normalized spacial score (nSPS) is 22.2. The number of nitrogens with zero attached hydrogens (tertiary/aromatic N) is 5. The average molecular weight is 600 g/mol. The van der Waals surface area contributed by atoms with Crippen molar-refractivity contribution >= 4 is 17.8 Å². The number of carbonyl (C=O) groups is 2. The van der Waals surface area contributed by atoms with E-state index in [0.29, 0.717) is 48.1 Å². The molecular formula is C33H41N7O4. The Kier molecular flexibility index (Phi) is 7.90. The van der Waals surface area contributed by atoms with Crippen LogP contribution >= 0.6 is 0 Å². The van der Waals surface area contributed by atoms with Crippen molar-refractivity contribution in [2.45, 2.75) is 50.2 Å². The second-order valence-corrected chi connectivity index (χ2v) is 12.6. The van der Waals surface area contributed by atoms with Crippen molar-refractivity contribution in [3.05, 3.63) is 60.2 Å². The van der Waals surface area contributed by atoms with E-state index < -0.39 is 12.0 Å². The molecule has 4 aliphatic rings. The Hall–Kier alpha value is -4.09. The lowest BCUT2D eigenvalue weighted by Gasteiger charge is -2.48. The van der Waals surface area contributed by atoms with Crippen LogP contribution in [0.3, 0.4) is 0 Å². The number of anilines is 1. The van der Waals surface area contributed by atoms with Crippen molar-refractivity contribution in [2.24, 2.45) is 11.7 Å². The quantitative estimate of drug-likeness (QED) is 0.366. The Morgan fingerprint density at radius 3 is 2.14 bits per heavy atom. The van der Waals surface area contributed by atoms with Gasteiger partial charge in [0.1, 0.15) is 28.6 Å². The fraction of sp³-hybridized carbons (Fsp3) is 0.485. The number of hydrogen-bond acceptors (Lipinski definition) is 7. The number of benzene rings is 2. The van der Waals surface area contributed by atoms with E-state index in [0.717, 1.165) is 82.0 Å². The number of likely N-dealkylation sites (tertiary alicyclic amines) is 3. The number of para-hydroxylation sites is 1. The summed E-state index contributed by atoms with van der Waals surface area (Å²) in [4.78, 5) is 30.5. The van der Waals surface area contributed by atoms with Crippen LogP contribution in [-0.2, 0) is 0 Å².